The zero-order chi connectivity index (χ0) is 15.9. The summed E-state index contributed by atoms with van der Waals surface area (Å²) in [6.45, 7) is 10.1. The maximum Gasteiger partial charge on any atom is 0.410 e. The number of aliphatic imine (C=N–C) groups is 1. The Kier molecular flexibility index (Phi) is 6.15. The van der Waals surface area contributed by atoms with Crippen LogP contribution in [0.25, 0.3) is 0 Å². The van der Waals surface area contributed by atoms with E-state index < -0.39 is 5.60 Å². The summed E-state index contributed by atoms with van der Waals surface area (Å²) in [5.41, 5.74) is 1.31. The van der Waals surface area contributed by atoms with Gasteiger partial charge in [-0.25, -0.2) is 4.79 Å². The number of hydrogen-bond acceptors (Lipinski definition) is 3. The third-order valence-corrected chi connectivity index (χ3v) is 2.72. The van der Waals surface area contributed by atoms with Crippen molar-refractivity contribution in [3.63, 3.8) is 0 Å². The second-order valence-corrected chi connectivity index (χ2v) is 5.69. The van der Waals surface area contributed by atoms with Crippen LogP contribution in [-0.2, 0) is 4.74 Å². The molecule has 4 heteroatoms. The second kappa shape index (κ2) is 7.62. The summed E-state index contributed by atoms with van der Waals surface area (Å²) in [6, 6.07) is 9.80. The van der Waals surface area contributed by atoms with E-state index in [1.54, 1.807) is 18.0 Å². The summed E-state index contributed by atoms with van der Waals surface area (Å²) in [5.74, 6) is 0. The van der Waals surface area contributed by atoms with Crippen molar-refractivity contribution in [3.05, 3.63) is 48.6 Å². The highest BCUT2D eigenvalue weighted by atomic mass is 16.6. The number of carbonyl (C=O) groups excluding carboxylic acids is 1. The van der Waals surface area contributed by atoms with Gasteiger partial charge < -0.3 is 4.74 Å². The molecule has 0 fully saturated rings. The summed E-state index contributed by atoms with van der Waals surface area (Å²) < 4.78 is 5.42. The molecule has 0 aliphatic rings. The number of amides is 1. The topological polar surface area (TPSA) is 41.9 Å². The summed E-state index contributed by atoms with van der Waals surface area (Å²) in [5, 5.41) is 0. The molecule has 0 aromatic heterocycles. The number of rotatable bonds is 5. The fraction of sp³-hybridized carbons (Fsp3) is 0.412. The molecule has 0 N–H and O–H groups in total. The average Bonchev–Trinajstić information content (AvgIpc) is 2.42. The number of benzene rings is 1. The SMILES string of the molecule is C=CCN(CC(=NC)c1ccccc1)C(=O)OC(C)(C)C. The van der Waals surface area contributed by atoms with E-state index in [1.165, 1.54) is 0 Å². The fourth-order valence-corrected chi connectivity index (χ4v) is 1.79. The molecule has 0 saturated heterocycles. The Morgan fingerprint density at radius 1 is 1.33 bits per heavy atom. The van der Waals surface area contributed by atoms with E-state index in [9.17, 15) is 4.79 Å². The van der Waals surface area contributed by atoms with E-state index in [-0.39, 0.29) is 6.09 Å². The van der Waals surface area contributed by atoms with Crippen LogP contribution in [0, 0.1) is 0 Å². The van der Waals surface area contributed by atoms with Gasteiger partial charge >= 0.3 is 6.09 Å². The van der Waals surface area contributed by atoms with Crippen LogP contribution < -0.4 is 0 Å². The van der Waals surface area contributed by atoms with Crippen LogP contribution in [0.5, 0.6) is 0 Å². The zero-order valence-electron chi connectivity index (χ0n) is 13.3. The predicted molar refractivity (Wildman–Crippen MR) is 86.9 cm³/mol. The highest BCUT2D eigenvalue weighted by Gasteiger charge is 2.22. The third-order valence-electron chi connectivity index (χ3n) is 2.72. The highest BCUT2D eigenvalue weighted by molar-refractivity contribution is 6.03. The smallest absolute Gasteiger partial charge is 0.410 e. The molecule has 21 heavy (non-hydrogen) atoms. The van der Waals surface area contributed by atoms with Crippen molar-refractivity contribution in [2.75, 3.05) is 20.1 Å². The Morgan fingerprint density at radius 2 is 1.95 bits per heavy atom. The Hall–Kier alpha value is -2.10. The van der Waals surface area contributed by atoms with E-state index in [4.69, 9.17) is 4.74 Å². The van der Waals surface area contributed by atoms with Gasteiger partial charge in [-0.3, -0.25) is 9.89 Å². The molecule has 1 amide bonds. The minimum absolute atomic E-state index is 0.362. The Balaban J connectivity index is 2.87. The van der Waals surface area contributed by atoms with Gasteiger partial charge in [-0.1, -0.05) is 36.4 Å². The summed E-state index contributed by atoms with van der Waals surface area (Å²) in [7, 11) is 1.73. The van der Waals surface area contributed by atoms with Gasteiger partial charge in [-0.15, -0.1) is 6.58 Å². The molecule has 0 bridgehead atoms. The quantitative estimate of drug-likeness (QED) is 0.614. The number of nitrogens with zero attached hydrogens (tertiary/aromatic N) is 2. The van der Waals surface area contributed by atoms with E-state index in [1.807, 2.05) is 51.1 Å². The van der Waals surface area contributed by atoms with Crippen LogP contribution in [0.15, 0.2) is 48.0 Å². The lowest BCUT2D eigenvalue weighted by Gasteiger charge is -2.27. The minimum atomic E-state index is -0.521. The van der Waals surface area contributed by atoms with Crippen molar-refractivity contribution >= 4 is 11.8 Å². The molecule has 1 aromatic rings. The first-order valence-corrected chi connectivity index (χ1v) is 6.97. The van der Waals surface area contributed by atoms with Crippen molar-refractivity contribution in [2.24, 2.45) is 4.99 Å². The standard InChI is InChI=1S/C17H24N2O2/c1-6-12-19(16(20)21-17(2,3)4)13-15(18-5)14-10-8-7-9-11-14/h6-11H,1,12-13H2,2-5H3. The normalized spacial score (nSPS) is 11.9. The fourth-order valence-electron chi connectivity index (χ4n) is 1.79. The van der Waals surface area contributed by atoms with Crippen molar-refractivity contribution in [1.82, 2.24) is 4.90 Å². The maximum atomic E-state index is 12.2. The molecule has 0 unspecified atom stereocenters. The molecule has 0 aliphatic heterocycles. The van der Waals surface area contributed by atoms with Crippen LogP contribution >= 0.6 is 0 Å². The number of carbonyl (C=O) groups is 1. The molecular weight excluding hydrogens is 264 g/mol. The molecule has 0 radical (unpaired) electrons. The first-order chi connectivity index (χ1) is 9.87. The van der Waals surface area contributed by atoms with Crippen molar-refractivity contribution in [1.29, 1.82) is 0 Å². The molecule has 0 atom stereocenters. The lowest BCUT2D eigenvalue weighted by Crippen LogP contribution is -2.40. The first kappa shape index (κ1) is 17.0. The van der Waals surface area contributed by atoms with Gasteiger partial charge in [0.05, 0.1) is 12.3 Å². The van der Waals surface area contributed by atoms with Crippen LogP contribution in [0.4, 0.5) is 4.79 Å². The molecule has 0 spiro atoms. The van der Waals surface area contributed by atoms with Gasteiger partial charge in [0.15, 0.2) is 0 Å². The van der Waals surface area contributed by atoms with Crippen LogP contribution in [0.1, 0.15) is 26.3 Å². The zero-order valence-corrected chi connectivity index (χ0v) is 13.3. The highest BCUT2D eigenvalue weighted by Crippen LogP contribution is 2.11. The average molecular weight is 288 g/mol. The number of hydrogen-bond donors (Lipinski definition) is 0. The van der Waals surface area contributed by atoms with Gasteiger partial charge in [0.1, 0.15) is 5.60 Å². The Morgan fingerprint density at radius 3 is 2.43 bits per heavy atom. The monoisotopic (exact) mass is 288 g/mol. The Bertz CT molecular complexity index is 501. The second-order valence-electron chi connectivity index (χ2n) is 5.69. The lowest BCUT2D eigenvalue weighted by molar-refractivity contribution is 0.0299. The van der Waals surface area contributed by atoms with E-state index in [0.29, 0.717) is 13.1 Å². The first-order valence-electron chi connectivity index (χ1n) is 6.97. The minimum Gasteiger partial charge on any atom is -0.444 e. The molecule has 1 aromatic carbocycles. The van der Waals surface area contributed by atoms with Gasteiger partial charge in [-0.2, -0.15) is 0 Å². The summed E-state index contributed by atoms with van der Waals surface area (Å²) in [4.78, 5) is 18.1. The van der Waals surface area contributed by atoms with Crippen LogP contribution in [0.3, 0.4) is 0 Å². The van der Waals surface area contributed by atoms with Crippen LogP contribution in [-0.4, -0.2) is 42.4 Å². The van der Waals surface area contributed by atoms with E-state index >= 15 is 0 Å². The largest absolute Gasteiger partial charge is 0.444 e. The summed E-state index contributed by atoms with van der Waals surface area (Å²) >= 11 is 0. The van der Waals surface area contributed by atoms with Gasteiger partial charge in [0.2, 0.25) is 0 Å². The molecule has 4 nitrogen and oxygen atoms in total. The van der Waals surface area contributed by atoms with Gasteiger partial charge in [0, 0.05) is 13.6 Å². The van der Waals surface area contributed by atoms with E-state index in [0.717, 1.165) is 11.3 Å². The third kappa shape index (κ3) is 5.81. The predicted octanol–water partition coefficient (Wildman–Crippen LogP) is 3.53. The maximum absolute atomic E-state index is 12.2. The lowest BCUT2D eigenvalue weighted by atomic mass is 10.1. The van der Waals surface area contributed by atoms with Gasteiger partial charge in [0.25, 0.3) is 0 Å². The van der Waals surface area contributed by atoms with E-state index in [2.05, 4.69) is 11.6 Å². The van der Waals surface area contributed by atoms with Gasteiger partial charge in [-0.05, 0) is 26.3 Å². The molecule has 1 rings (SSSR count). The molecule has 0 heterocycles. The molecule has 114 valence electrons. The molecule has 0 saturated carbocycles. The van der Waals surface area contributed by atoms with Crippen LogP contribution in [0.2, 0.25) is 0 Å². The molecule has 0 aliphatic carbocycles. The summed E-state index contributed by atoms with van der Waals surface area (Å²) in [6.07, 6.45) is 1.32. The van der Waals surface area contributed by atoms with Crippen molar-refractivity contribution in [3.8, 4) is 0 Å². The Labute approximate surface area is 127 Å². The molecular formula is C17H24N2O2. The number of ether oxygens (including phenoxy) is 1. The van der Waals surface area contributed by atoms with Crippen molar-refractivity contribution in [2.45, 2.75) is 26.4 Å². The van der Waals surface area contributed by atoms with Crippen molar-refractivity contribution < 1.29 is 9.53 Å².